The number of hydrogen-bond acceptors (Lipinski definition) is 1. The van der Waals surface area contributed by atoms with Crippen molar-refractivity contribution in [3.63, 3.8) is 0 Å². The van der Waals surface area contributed by atoms with Crippen LogP contribution in [0.25, 0.3) is 0 Å². The van der Waals surface area contributed by atoms with Crippen molar-refractivity contribution in [1.29, 1.82) is 0 Å². The highest BCUT2D eigenvalue weighted by molar-refractivity contribution is 5.91. The van der Waals surface area contributed by atoms with E-state index in [0.717, 1.165) is 25.7 Å². The van der Waals surface area contributed by atoms with Gasteiger partial charge in [0.15, 0.2) is 5.78 Å². The number of allylic oxidation sites excluding steroid dienone is 2. The number of rotatable bonds is 4. The molecule has 0 aliphatic heterocycles. The van der Waals surface area contributed by atoms with Gasteiger partial charge in [0.25, 0.3) is 0 Å². The fraction of sp³-hybridized carbons (Fsp3) is 0.500. The molecule has 102 valence electrons. The Labute approximate surface area is 116 Å². The molecule has 1 aliphatic carbocycles. The van der Waals surface area contributed by atoms with E-state index >= 15 is 0 Å². The van der Waals surface area contributed by atoms with Gasteiger partial charge in [-0.25, -0.2) is 0 Å². The monoisotopic (exact) mass is 256 g/mol. The molecular weight excluding hydrogens is 232 g/mol. The molecule has 1 aromatic carbocycles. The van der Waals surface area contributed by atoms with Crippen LogP contribution < -0.4 is 0 Å². The lowest BCUT2D eigenvalue weighted by atomic mass is 9.66. The van der Waals surface area contributed by atoms with Gasteiger partial charge in [-0.2, -0.15) is 0 Å². The minimum atomic E-state index is 0.167. The topological polar surface area (TPSA) is 17.1 Å². The van der Waals surface area contributed by atoms with Crippen LogP contribution in [0.3, 0.4) is 0 Å². The Kier molecular flexibility index (Phi) is 4.57. The van der Waals surface area contributed by atoms with Gasteiger partial charge in [0, 0.05) is 5.92 Å². The van der Waals surface area contributed by atoms with E-state index in [1.807, 2.05) is 6.08 Å². The Bertz CT molecular complexity index is 446. The SMILES string of the molecule is CCC=CC(=O)C1CCCC(C)(c2ccccc2)C1. The molecule has 2 unspecified atom stereocenters. The first-order chi connectivity index (χ1) is 9.15. The summed E-state index contributed by atoms with van der Waals surface area (Å²) in [6.07, 6.45) is 9.10. The van der Waals surface area contributed by atoms with Crippen LogP contribution in [-0.2, 0) is 10.2 Å². The fourth-order valence-corrected chi connectivity index (χ4v) is 3.20. The molecule has 0 radical (unpaired) electrons. The van der Waals surface area contributed by atoms with Crippen molar-refractivity contribution < 1.29 is 4.79 Å². The number of hydrogen-bond donors (Lipinski definition) is 0. The lowest BCUT2D eigenvalue weighted by Crippen LogP contribution is -2.32. The molecule has 0 saturated heterocycles. The Morgan fingerprint density at radius 3 is 2.79 bits per heavy atom. The van der Waals surface area contributed by atoms with Crippen molar-refractivity contribution in [2.24, 2.45) is 5.92 Å². The number of carbonyl (C=O) groups excluding carboxylic acids is 1. The van der Waals surface area contributed by atoms with E-state index < -0.39 is 0 Å². The lowest BCUT2D eigenvalue weighted by Gasteiger charge is -2.38. The van der Waals surface area contributed by atoms with E-state index in [1.54, 1.807) is 6.08 Å². The van der Waals surface area contributed by atoms with E-state index in [4.69, 9.17) is 0 Å². The number of benzene rings is 1. The average Bonchev–Trinajstić information content (AvgIpc) is 2.46. The molecule has 0 amide bonds. The summed E-state index contributed by atoms with van der Waals surface area (Å²) in [5.41, 5.74) is 1.55. The maximum absolute atomic E-state index is 12.2. The maximum Gasteiger partial charge on any atom is 0.158 e. The third-order valence-electron chi connectivity index (χ3n) is 4.37. The largest absolute Gasteiger partial charge is 0.295 e. The smallest absolute Gasteiger partial charge is 0.158 e. The molecule has 1 aromatic rings. The third-order valence-corrected chi connectivity index (χ3v) is 4.37. The van der Waals surface area contributed by atoms with Crippen molar-refractivity contribution in [2.45, 2.75) is 51.4 Å². The molecule has 2 atom stereocenters. The summed E-state index contributed by atoms with van der Waals surface area (Å²) in [6, 6.07) is 10.7. The second kappa shape index (κ2) is 6.18. The molecule has 1 nitrogen and oxygen atoms in total. The van der Waals surface area contributed by atoms with Gasteiger partial charge in [0.1, 0.15) is 0 Å². The minimum Gasteiger partial charge on any atom is -0.295 e. The predicted molar refractivity (Wildman–Crippen MR) is 80.2 cm³/mol. The van der Waals surface area contributed by atoms with Crippen LogP contribution in [0.4, 0.5) is 0 Å². The fourth-order valence-electron chi connectivity index (χ4n) is 3.20. The van der Waals surface area contributed by atoms with Crippen LogP contribution in [0.2, 0.25) is 0 Å². The normalized spacial score (nSPS) is 27.6. The molecule has 1 fully saturated rings. The first-order valence-corrected chi connectivity index (χ1v) is 7.41. The molecule has 1 saturated carbocycles. The van der Waals surface area contributed by atoms with E-state index in [9.17, 15) is 4.79 Å². The molecule has 0 spiro atoms. The highest BCUT2D eigenvalue weighted by Crippen LogP contribution is 2.42. The van der Waals surface area contributed by atoms with E-state index in [0.29, 0.717) is 5.78 Å². The maximum atomic E-state index is 12.2. The van der Waals surface area contributed by atoms with Crippen molar-refractivity contribution >= 4 is 5.78 Å². The Balaban J connectivity index is 2.12. The standard InChI is InChI=1S/C18H24O/c1-3-4-12-17(19)15-9-8-13-18(2,14-15)16-10-6-5-7-11-16/h4-7,10-12,15H,3,8-9,13-14H2,1-2H3. The summed E-state index contributed by atoms with van der Waals surface area (Å²) in [6.45, 7) is 4.38. The van der Waals surface area contributed by atoms with Gasteiger partial charge in [-0.1, -0.05) is 56.7 Å². The van der Waals surface area contributed by atoms with E-state index in [-0.39, 0.29) is 11.3 Å². The molecule has 1 aliphatic rings. The molecule has 0 heterocycles. The van der Waals surface area contributed by atoms with Crippen molar-refractivity contribution in [3.8, 4) is 0 Å². The number of carbonyl (C=O) groups is 1. The first kappa shape index (κ1) is 14.0. The van der Waals surface area contributed by atoms with Crippen LogP contribution in [-0.4, -0.2) is 5.78 Å². The van der Waals surface area contributed by atoms with E-state index in [2.05, 4.69) is 44.2 Å². The highest BCUT2D eigenvalue weighted by Gasteiger charge is 2.35. The van der Waals surface area contributed by atoms with Crippen molar-refractivity contribution in [3.05, 3.63) is 48.0 Å². The average molecular weight is 256 g/mol. The summed E-state index contributed by atoms with van der Waals surface area (Å²) < 4.78 is 0. The Morgan fingerprint density at radius 1 is 1.37 bits per heavy atom. The van der Waals surface area contributed by atoms with E-state index in [1.165, 1.54) is 12.0 Å². The Hall–Kier alpha value is -1.37. The molecule has 1 heteroatoms. The van der Waals surface area contributed by atoms with Crippen LogP contribution in [0.1, 0.15) is 51.5 Å². The second-order valence-electron chi connectivity index (χ2n) is 5.93. The molecule has 2 rings (SSSR count). The zero-order chi connectivity index (χ0) is 13.7. The lowest BCUT2D eigenvalue weighted by molar-refractivity contribution is -0.119. The predicted octanol–water partition coefficient (Wildman–Crippen LogP) is 4.67. The minimum absolute atomic E-state index is 0.167. The third kappa shape index (κ3) is 3.34. The van der Waals surface area contributed by atoms with Gasteiger partial charge in [0.2, 0.25) is 0 Å². The van der Waals surface area contributed by atoms with Gasteiger partial charge < -0.3 is 0 Å². The zero-order valence-electron chi connectivity index (χ0n) is 12.1. The van der Waals surface area contributed by atoms with Gasteiger partial charge in [-0.05, 0) is 42.7 Å². The van der Waals surface area contributed by atoms with Crippen LogP contribution in [0, 0.1) is 5.92 Å². The molecular formula is C18H24O. The summed E-state index contributed by atoms with van der Waals surface area (Å²) in [5, 5.41) is 0. The number of ketones is 1. The van der Waals surface area contributed by atoms with Crippen LogP contribution in [0.15, 0.2) is 42.5 Å². The second-order valence-corrected chi connectivity index (χ2v) is 5.93. The Morgan fingerprint density at radius 2 is 2.11 bits per heavy atom. The summed E-state index contributed by atoms with van der Waals surface area (Å²) in [5.74, 6) is 0.533. The summed E-state index contributed by atoms with van der Waals surface area (Å²) in [7, 11) is 0. The molecule has 19 heavy (non-hydrogen) atoms. The van der Waals surface area contributed by atoms with Gasteiger partial charge in [-0.15, -0.1) is 0 Å². The summed E-state index contributed by atoms with van der Waals surface area (Å²) in [4.78, 5) is 12.2. The van der Waals surface area contributed by atoms with Crippen LogP contribution >= 0.6 is 0 Å². The first-order valence-electron chi connectivity index (χ1n) is 7.41. The quantitative estimate of drug-likeness (QED) is 0.715. The molecule has 0 aromatic heterocycles. The summed E-state index contributed by atoms with van der Waals surface area (Å²) >= 11 is 0. The van der Waals surface area contributed by atoms with Gasteiger partial charge in [-0.3, -0.25) is 4.79 Å². The van der Waals surface area contributed by atoms with Crippen LogP contribution in [0.5, 0.6) is 0 Å². The van der Waals surface area contributed by atoms with Crippen molar-refractivity contribution in [2.75, 3.05) is 0 Å². The molecule has 0 bridgehead atoms. The van der Waals surface area contributed by atoms with Gasteiger partial charge >= 0.3 is 0 Å². The van der Waals surface area contributed by atoms with Crippen molar-refractivity contribution in [1.82, 2.24) is 0 Å². The zero-order valence-corrected chi connectivity index (χ0v) is 12.1. The molecule has 0 N–H and O–H groups in total. The van der Waals surface area contributed by atoms with Gasteiger partial charge in [0.05, 0.1) is 0 Å². The highest BCUT2D eigenvalue weighted by atomic mass is 16.1.